The van der Waals surface area contributed by atoms with E-state index < -0.39 is 10.0 Å². The first-order chi connectivity index (χ1) is 12.8. The Bertz CT molecular complexity index is 942. The van der Waals surface area contributed by atoms with Gasteiger partial charge in [0.25, 0.3) is 5.91 Å². The molecule has 2 aromatic carbocycles. The van der Waals surface area contributed by atoms with Crippen molar-refractivity contribution in [3.63, 3.8) is 0 Å². The van der Waals surface area contributed by atoms with Crippen LogP contribution in [0.1, 0.15) is 28.8 Å². The van der Waals surface area contributed by atoms with Gasteiger partial charge < -0.3 is 5.32 Å². The third kappa shape index (κ3) is 5.15. The normalized spacial score (nSPS) is 14.0. The summed E-state index contributed by atoms with van der Waals surface area (Å²) in [5.74, 6) is 0.439. The van der Waals surface area contributed by atoms with Gasteiger partial charge in [-0.05, 0) is 54.7 Å². The molecule has 27 heavy (non-hydrogen) atoms. The average molecular weight is 427 g/mol. The lowest BCUT2D eigenvalue weighted by Crippen LogP contribution is -2.29. The fraction of sp³-hybridized carbons (Fsp3) is 0.316. The first-order valence-electron chi connectivity index (χ1n) is 8.54. The van der Waals surface area contributed by atoms with Gasteiger partial charge in [0.15, 0.2) is 0 Å². The largest absolute Gasteiger partial charge is 0.352 e. The number of anilines is 1. The van der Waals surface area contributed by atoms with Crippen LogP contribution >= 0.6 is 23.2 Å². The number of nitrogens with one attached hydrogen (secondary N) is 1. The van der Waals surface area contributed by atoms with Gasteiger partial charge in [-0.1, -0.05) is 35.3 Å². The van der Waals surface area contributed by atoms with Gasteiger partial charge in [-0.2, -0.15) is 0 Å². The maximum atomic E-state index is 12.3. The first-order valence-corrected chi connectivity index (χ1v) is 11.1. The summed E-state index contributed by atoms with van der Waals surface area (Å²) < 4.78 is 25.8. The number of nitrogens with zero attached hydrogens (tertiary/aromatic N) is 1. The van der Waals surface area contributed by atoms with Crippen molar-refractivity contribution in [1.29, 1.82) is 0 Å². The van der Waals surface area contributed by atoms with E-state index in [9.17, 15) is 13.2 Å². The van der Waals surface area contributed by atoms with E-state index in [0.29, 0.717) is 39.3 Å². The van der Waals surface area contributed by atoms with Crippen molar-refractivity contribution in [2.24, 2.45) is 5.92 Å². The monoisotopic (exact) mass is 426 g/mol. The quantitative estimate of drug-likeness (QED) is 0.724. The van der Waals surface area contributed by atoms with Crippen LogP contribution in [0.4, 0.5) is 5.69 Å². The maximum Gasteiger partial charge on any atom is 0.251 e. The molecule has 2 aromatic rings. The molecule has 1 saturated carbocycles. The molecule has 1 amide bonds. The molecule has 1 fully saturated rings. The Hall–Kier alpha value is -1.76. The van der Waals surface area contributed by atoms with Crippen LogP contribution in [-0.4, -0.2) is 27.1 Å². The highest BCUT2D eigenvalue weighted by atomic mass is 35.5. The highest BCUT2D eigenvalue weighted by Gasteiger charge is 2.23. The van der Waals surface area contributed by atoms with Crippen molar-refractivity contribution in [2.75, 3.05) is 17.1 Å². The predicted molar refractivity (Wildman–Crippen MR) is 109 cm³/mol. The van der Waals surface area contributed by atoms with E-state index in [4.69, 9.17) is 23.2 Å². The SMILES string of the molecule is CS(=O)(=O)N(Cc1cccc(Cl)c1Cl)c1ccc(C(=O)NCC2CC2)cc1. The predicted octanol–water partition coefficient (Wildman–Crippen LogP) is 4.10. The molecular formula is C19H20Cl2N2O3S. The van der Waals surface area contributed by atoms with Crippen molar-refractivity contribution in [2.45, 2.75) is 19.4 Å². The zero-order valence-electron chi connectivity index (χ0n) is 14.8. The van der Waals surface area contributed by atoms with Crippen molar-refractivity contribution in [3.8, 4) is 0 Å². The fourth-order valence-corrected chi connectivity index (χ4v) is 3.92. The zero-order chi connectivity index (χ0) is 19.6. The van der Waals surface area contributed by atoms with Crippen LogP contribution in [0.2, 0.25) is 10.0 Å². The van der Waals surface area contributed by atoms with Gasteiger partial charge in [-0.25, -0.2) is 8.42 Å². The van der Waals surface area contributed by atoms with Crippen LogP contribution in [0, 0.1) is 5.92 Å². The Morgan fingerprint density at radius 1 is 1.15 bits per heavy atom. The molecule has 0 aromatic heterocycles. The molecule has 1 aliphatic carbocycles. The molecule has 0 aliphatic heterocycles. The maximum absolute atomic E-state index is 12.3. The van der Waals surface area contributed by atoms with Crippen molar-refractivity contribution < 1.29 is 13.2 Å². The van der Waals surface area contributed by atoms with Crippen LogP contribution in [0.5, 0.6) is 0 Å². The van der Waals surface area contributed by atoms with Gasteiger partial charge in [0.2, 0.25) is 10.0 Å². The zero-order valence-corrected chi connectivity index (χ0v) is 17.1. The van der Waals surface area contributed by atoms with E-state index in [1.54, 1.807) is 42.5 Å². The molecule has 144 valence electrons. The Balaban J connectivity index is 1.80. The highest BCUT2D eigenvalue weighted by Crippen LogP contribution is 2.29. The molecule has 3 rings (SSSR count). The summed E-state index contributed by atoms with van der Waals surface area (Å²) in [6, 6.07) is 11.6. The molecule has 0 heterocycles. The van der Waals surface area contributed by atoms with Gasteiger partial charge in [0.05, 0.1) is 28.5 Å². The topological polar surface area (TPSA) is 66.5 Å². The minimum Gasteiger partial charge on any atom is -0.352 e. The van der Waals surface area contributed by atoms with Gasteiger partial charge in [-0.15, -0.1) is 0 Å². The number of carbonyl (C=O) groups is 1. The number of benzene rings is 2. The van der Waals surface area contributed by atoms with E-state index in [0.717, 1.165) is 19.1 Å². The van der Waals surface area contributed by atoms with Gasteiger partial charge in [0.1, 0.15) is 0 Å². The third-order valence-electron chi connectivity index (χ3n) is 4.41. The molecule has 1 N–H and O–H groups in total. The van der Waals surface area contributed by atoms with E-state index in [1.807, 2.05) is 0 Å². The number of hydrogen-bond acceptors (Lipinski definition) is 3. The summed E-state index contributed by atoms with van der Waals surface area (Å²) in [5, 5.41) is 3.58. The van der Waals surface area contributed by atoms with E-state index in [2.05, 4.69) is 5.32 Å². The lowest BCUT2D eigenvalue weighted by atomic mass is 10.1. The number of halogens is 2. The highest BCUT2D eigenvalue weighted by molar-refractivity contribution is 7.92. The van der Waals surface area contributed by atoms with Gasteiger partial charge in [-0.3, -0.25) is 9.10 Å². The van der Waals surface area contributed by atoms with Crippen molar-refractivity contribution in [3.05, 3.63) is 63.6 Å². The summed E-state index contributed by atoms with van der Waals surface area (Å²) >= 11 is 12.2. The molecule has 5 nitrogen and oxygen atoms in total. The molecule has 8 heteroatoms. The lowest BCUT2D eigenvalue weighted by molar-refractivity contribution is 0.0952. The average Bonchev–Trinajstić information content (AvgIpc) is 3.44. The molecule has 0 saturated heterocycles. The molecule has 1 aliphatic rings. The third-order valence-corrected chi connectivity index (χ3v) is 6.41. The number of rotatable bonds is 7. The molecule has 0 unspecified atom stereocenters. The lowest BCUT2D eigenvalue weighted by Gasteiger charge is -2.23. The second-order valence-electron chi connectivity index (χ2n) is 6.68. The molecule has 0 radical (unpaired) electrons. The summed E-state index contributed by atoms with van der Waals surface area (Å²) in [7, 11) is -3.56. The Labute approximate surface area is 169 Å². The summed E-state index contributed by atoms with van der Waals surface area (Å²) in [6.07, 6.45) is 3.45. The Kier molecular flexibility index (Phi) is 5.99. The summed E-state index contributed by atoms with van der Waals surface area (Å²) in [4.78, 5) is 12.2. The molecule has 0 spiro atoms. The van der Waals surface area contributed by atoms with E-state index in [1.165, 1.54) is 4.31 Å². The first kappa shape index (κ1) is 20.0. The van der Waals surface area contributed by atoms with Crippen molar-refractivity contribution in [1.82, 2.24) is 5.32 Å². The summed E-state index contributed by atoms with van der Waals surface area (Å²) in [5.41, 5.74) is 1.54. The number of carbonyl (C=O) groups excluding carboxylic acids is 1. The van der Waals surface area contributed by atoms with Crippen LogP contribution in [0.25, 0.3) is 0 Å². The molecule has 0 bridgehead atoms. The van der Waals surface area contributed by atoms with E-state index in [-0.39, 0.29) is 12.5 Å². The number of sulfonamides is 1. The Morgan fingerprint density at radius 2 is 1.81 bits per heavy atom. The van der Waals surface area contributed by atoms with Crippen LogP contribution in [0.15, 0.2) is 42.5 Å². The van der Waals surface area contributed by atoms with E-state index >= 15 is 0 Å². The fourth-order valence-electron chi connectivity index (χ4n) is 2.67. The Morgan fingerprint density at radius 3 is 2.41 bits per heavy atom. The minimum atomic E-state index is -3.56. The number of hydrogen-bond donors (Lipinski definition) is 1. The standard InChI is InChI=1S/C19H20Cl2N2O3S/c1-27(25,26)23(12-15-3-2-4-17(20)18(15)21)16-9-7-14(8-10-16)19(24)22-11-13-5-6-13/h2-4,7-10,13H,5-6,11-12H2,1H3,(H,22,24). The van der Waals surface area contributed by atoms with Gasteiger partial charge in [0, 0.05) is 12.1 Å². The second-order valence-corrected chi connectivity index (χ2v) is 9.37. The van der Waals surface area contributed by atoms with Gasteiger partial charge >= 0.3 is 0 Å². The molecule has 0 atom stereocenters. The van der Waals surface area contributed by atoms with Crippen molar-refractivity contribution >= 4 is 44.8 Å². The molecular weight excluding hydrogens is 407 g/mol. The summed E-state index contributed by atoms with van der Waals surface area (Å²) in [6.45, 7) is 0.731. The second kappa shape index (κ2) is 8.09. The van der Waals surface area contributed by atoms with Crippen LogP contribution in [0.3, 0.4) is 0 Å². The van der Waals surface area contributed by atoms with Crippen LogP contribution in [-0.2, 0) is 16.6 Å². The number of amides is 1. The minimum absolute atomic E-state index is 0.0471. The van der Waals surface area contributed by atoms with Crippen LogP contribution < -0.4 is 9.62 Å². The smallest absolute Gasteiger partial charge is 0.251 e.